The number of nitrogens with one attached hydrogen (secondary N) is 2. The summed E-state index contributed by atoms with van der Waals surface area (Å²) in [7, 11) is 0. The van der Waals surface area contributed by atoms with Crippen LogP contribution in [0.15, 0.2) is 29.6 Å². The summed E-state index contributed by atoms with van der Waals surface area (Å²) in [5, 5.41) is 7.98. The zero-order valence-electron chi connectivity index (χ0n) is 11.7. The molecule has 2 bridgehead atoms. The molecule has 0 radical (unpaired) electrons. The molecule has 2 amide bonds. The van der Waals surface area contributed by atoms with Crippen LogP contribution in [-0.4, -0.2) is 22.1 Å². The summed E-state index contributed by atoms with van der Waals surface area (Å²) >= 11 is 1.31. The van der Waals surface area contributed by atoms with Crippen LogP contribution >= 0.6 is 11.3 Å². The van der Waals surface area contributed by atoms with Crippen LogP contribution in [0.2, 0.25) is 0 Å². The summed E-state index contributed by atoms with van der Waals surface area (Å²) in [4.78, 5) is 16.3. The van der Waals surface area contributed by atoms with Crippen molar-refractivity contribution in [3.05, 3.63) is 35.5 Å². The first-order chi connectivity index (χ1) is 10.5. The molecule has 114 valence electrons. The van der Waals surface area contributed by atoms with Gasteiger partial charge in [0.05, 0.1) is 5.69 Å². The average Bonchev–Trinajstić information content (AvgIpc) is 2.84. The van der Waals surface area contributed by atoms with E-state index in [4.69, 9.17) is 5.73 Å². The molecule has 1 aromatic heterocycles. The van der Waals surface area contributed by atoms with Crippen LogP contribution < -0.4 is 16.4 Å². The first-order valence-corrected chi connectivity index (χ1v) is 7.93. The summed E-state index contributed by atoms with van der Waals surface area (Å²) in [6.07, 6.45) is 2.54. The van der Waals surface area contributed by atoms with Gasteiger partial charge in [0.25, 0.3) is 0 Å². The van der Waals surface area contributed by atoms with Crippen LogP contribution in [0.5, 0.6) is 0 Å². The number of carbonyl (C=O) groups is 1. The van der Waals surface area contributed by atoms with Gasteiger partial charge in [-0.2, -0.15) is 0 Å². The number of carbonyl (C=O) groups excluding carboxylic acids is 1. The molecule has 2 aromatic rings. The Labute approximate surface area is 130 Å². The van der Waals surface area contributed by atoms with Gasteiger partial charge in [-0.05, 0) is 31.4 Å². The average molecular weight is 318 g/mol. The first kappa shape index (κ1) is 13.7. The fraction of sp³-hybridized carbons (Fsp3) is 0.333. The van der Waals surface area contributed by atoms with E-state index in [0.29, 0.717) is 16.4 Å². The van der Waals surface area contributed by atoms with E-state index in [1.165, 1.54) is 23.5 Å². The highest BCUT2D eigenvalue weighted by Crippen LogP contribution is 2.58. The Hall–Kier alpha value is -1.99. The normalized spacial score (nSPS) is 28.5. The molecule has 1 heterocycles. The number of aromatic nitrogens is 1. The number of hydrogen-bond acceptors (Lipinski definition) is 4. The second-order valence-electron chi connectivity index (χ2n) is 6.30. The molecule has 5 rings (SSSR count). The van der Waals surface area contributed by atoms with Crippen LogP contribution in [0.3, 0.4) is 0 Å². The molecule has 4 N–H and O–H groups in total. The van der Waals surface area contributed by atoms with Crippen LogP contribution in [0.4, 0.5) is 14.3 Å². The molecule has 3 saturated carbocycles. The third kappa shape index (κ3) is 2.26. The van der Waals surface area contributed by atoms with Gasteiger partial charge >= 0.3 is 6.03 Å². The lowest BCUT2D eigenvalue weighted by Crippen LogP contribution is -2.82. The number of nitrogens with zero attached hydrogens (tertiary/aromatic N) is 1. The molecule has 3 aliphatic carbocycles. The van der Waals surface area contributed by atoms with Gasteiger partial charge in [-0.25, -0.2) is 14.2 Å². The van der Waals surface area contributed by atoms with E-state index in [0.717, 1.165) is 19.3 Å². The largest absolute Gasteiger partial charge is 0.332 e. The molecule has 22 heavy (non-hydrogen) atoms. The molecule has 0 spiro atoms. The highest BCUT2D eigenvalue weighted by molar-refractivity contribution is 7.14. The van der Waals surface area contributed by atoms with Gasteiger partial charge in [0, 0.05) is 22.0 Å². The number of benzene rings is 1. The molecule has 3 aliphatic rings. The Bertz CT molecular complexity index is 740. The van der Waals surface area contributed by atoms with Crippen molar-refractivity contribution in [2.45, 2.75) is 30.3 Å². The van der Waals surface area contributed by atoms with Crippen LogP contribution in [-0.2, 0) is 0 Å². The summed E-state index contributed by atoms with van der Waals surface area (Å²) in [6.45, 7) is 0. The summed E-state index contributed by atoms with van der Waals surface area (Å²) in [6, 6.07) is 5.96. The van der Waals surface area contributed by atoms with E-state index in [9.17, 15) is 9.18 Å². The summed E-state index contributed by atoms with van der Waals surface area (Å²) < 4.78 is 13.2. The maximum absolute atomic E-state index is 13.2. The lowest BCUT2D eigenvalue weighted by atomic mass is 9.45. The fourth-order valence-electron chi connectivity index (χ4n) is 3.48. The second kappa shape index (κ2) is 4.50. The minimum absolute atomic E-state index is 0.0426. The summed E-state index contributed by atoms with van der Waals surface area (Å²) in [5.74, 6) is -0.308. The minimum atomic E-state index is -0.308. The topological polar surface area (TPSA) is 80.0 Å². The Morgan fingerprint density at radius 2 is 2.14 bits per heavy atom. The van der Waals surface area contributed by atoms with E-state index in [1.54, 1.807) is 17.5 Å². The van der Waals surface area contributed by atoms with Crippen molar-refractivity contribution in [2.24, 2.45) is 5.73 Å². The summed E-state index contributed by atoms with van der Waals surface area (Å²) in [5.41, 5.74) is 7.15. The SMILES string of the molecule is NC12CC(NC(=O)Nc3nc(-c4cccc(F)c4)cs3)(C1)C2. The standard InChI is InChI=1S/C15H15FN4OS/c16-10-3-1-2-9(4-10)11-5-22-13(18-11)19-12(21)20-15-6-14(17,7-15)8-15/h1-5H,6-8,17H2,(H2,18,19,20,21). The monoisotopic (exact) mass is 318 g/mol. The molecular weight excluding hydrogens is 303 g/mol. The molecule has 0 atom stereocenters. The Morgan fingerprint density at radius 3 is 2.82 bits per heavy atom. The van der Waals surface area contributed by atoms with E-state index in [2.05, 4.69) is 15.6 Å². The van der Waals surface area contributed by atoms with Crippen molar-refractivity contribution in [2.75, 3.05) is 5.32 Å². The van der Waals surface area contributed by atoms with Crippen LogP contribution in [0, 0.1) is 5.82 Å². The number of urea groups is 1. The molecule has 5 nitrogen and oxygen atoms in total. The van der Waals surface area contributed by atoms with E-state index in [-0.39, 0.29) is 22.9 Å². The Balaban J connectivity index is 1.41. The number of amides is 2. The zero-order valence-corrected chi connectivity index (χ0v) is 12.5. The maximum atomic E-state index is 13.2. The third-order valence-corrected chi connectivity index (χ3v) is 5.05. The lowest BCUT2D eigenvalue weighted by Gasteiger charge is -2.68. The van der Waals surface area contributed by atoms with Crippen molar-refractivity contribution in [1.82, 2.24) is 10.3 Å². The van der Waals surface area contributed by atoms with Gasteiger partial charge < -0.3 is 11.1 Å². The highest BCUT2D eigenvalue weighted by Gasteiger charge is 2.66. The molecule has 1 aromatic carbocycles. The van der Waals surface area contributed by atoms with Crippen molar-refractivity contribution in [3.8, 4) is 11.3 Å². The van der Waals surface area contributed by atoms with Crippen LogP contribution in [0.1, 0.15) is 19.3 Å². The van der Waals surface area contributed by atoms with E-state index in [1.807, 2.05) is 0 Å². The number of halogens is 1. The molecule has 3 fully saturated rings. The first-order valence-electron chi connectivity index (χ1n) is 7.05. The smallest absolute Gasteiger partial charge is 0.321 e. The van der Waals surface area contributed by atoms with Gasteiger partial charge in [-0.3, -0.25) is 5.32 Å². The lowest BCUT2D eigenvalue weighted by molar-refractivity contribution is -0.0680. The Kier molecular flexibility index (Phi) is 2.79. The van der Waals surface area contributed by atoms with Crippen molar-refractivity contribution < 1.29 is 9.18 Å². The van der Waals surface area contributed by atoms with Gasteiger partial charge in [-0.15, -0.1) is 11.3 Å². The van der Waals surface area contributed by atoms with E-state index >= 15 is 0 Å². The number of anilines is 1. The fourth-order valence-corrected chi connectivity index (χ4v) is 4.19. The molecule has 0 unspecified atom stereocenters. The van der Waals surface area contributed by atoms with Gasteiger partial charge in [0.15, 0.2) is 5.13 Å². The Morgan fingerprint density at radius 1 is 1.36 bits per heavy atom. The quantitative estimate of drug-likeness (QED) is 0.814. The highest BCUT2D eigenvalue weighted by atomic mass is 32.1. The zero-order chi connectivity index (χ0) is 15.4. The number of rotatable bonds is 3. The van der Waals surface area contributed by atoms with Crippen molar-refractivity contribution in [3.63, 3.8) is 0 Å². The van der Waals surface area contributed by atoms with Crippen molar-refractivity contribution >= 4 is 22.5 Å². The number of nitrogens with two attached hydrogens (primary N) is 1. The van der Waals surface area contributed by atoms with Gasteiger partial charge in [0.1, 0.15) is 5.82 Å². The molecule has 0 saturated heterocycles. The minimum Gasteiger partial charge on any atom is -0.332 e. The number of thiazole rings is 1. The predicted molar refractivity (Wildman–Crippen MR) is 83.2 cm³/mol. The predicted octanol–water partition coefficient (Wildman–Crippen LogP) is 2.70. The second-order valence-corrected chi connectivity index (χ2v) is 7.16. The molecule has 0 aliphatic heterocycles. The number of hydrogen-bond donors (Lipinski definition) is 3. The van der Waals surface area contributed by atoms with Gasteiger partial charge in [-0.1, -0.05) is 12.1 Å². The third-order valence-electron chi connectivity index (χ3n) is 4.30. The van der Waals surface area contributed by atoms with Gasteiger partial charge in [0.2, 0.25) is 0 Å². The molecular formula is C15H15FN4OS. The van der Waals surface area contributed by atoms with E-state index < -0.39 is 0 Å². The van der Waals surface area contributed by atoms with Crippen molar-refractivity contribution in [1.29, 1.82) is 0 Å². The maximum Gasteiger partial charge on any atom is 0.321 e. The molecule has 7 heteroatoms. The van der Waals surface area contributed by atoms with Crippen LogP contribution in [0.25, 0.3) is 11.3 Å².